The van der Waals surface area contributed by atoms with E-state index in [-0.39, 0.29) is 10.0 Å². The quantitative estimate of drug-likeness (QED) is 0.488. The van der Waals surface area contributed by atoms with Gasteiger partial charge in [0.15, 0.2) is 0 Å². The average molecular weight is 382 g/mol. The van der Waals surface area contributed by atoms with Crippen LogP contribution in [0.2, 0.25) is 5.02 Å². The molecule has 0 amide bonds. The molecule has 1 nitrogen and oxygen atoms in total. The molecule has 0 aliphatic carbocycles. The fourth-order valence-electron chi connectivity index (χ4n) is 1.80. The predicted molar refractivity (Wildman–Crippen MR) is 79.8 cm³/mol. The second-order valence-corrected chi connectivity index (χ2v) is 5.76. The van der Waals surface area contributed by atoms with Gasteiger partial charge in [0.05, 0.1) is 17.0 Å². The first-order valence-corrected chi connectivity index (χ1v) is 7.16. The van der Waals surface area contributed by atoms with Crippen LogP contribution in [-0.2, 0) is 0 Å². The first kappa shape index (κ1) is 15.5. The Balaban J connectivity index is 2.54. The molecule has 2 aromatic rings. The Labute approximate surface area is 133 Å². The molecule has 0 saturated carbocycles. The molecule has 0 fully saturated rings. The summed E-state index contributed by atoms with van der Waals surface area (Å²) in [6, 6.07) is 6.91. The first-order chi connectivity index (χ1) is 9.43. The summed E-state index contributed by atoms with van der Waals surface area (Å²) in [5.74, 6) is -0.745. The van der Waals surface area contributed by atoms with Gasteiger partial charge in [0.1, 0.15) is 17.4 Å². The van der Waals surface area contributed by atoms with Gasteiger partial charge in [0.25, 0.3) is 0 Å². The maximum absolute atomic E-state index is 13.9. The van der Waals surface area contributed by atoms with Crippen LogP contribution < -0.4 is 4.74 Å². The first-order valence-electron chi connectivity index (χ1n) is 5.56. The fourth-order valence-corrected chi connectivity index (χ4v) is 2.64. The van der Waals surface area contributed by atoms with Gasteiger partial charge in [-0.3, -0.25) is 0 Å². The van der Waals surface area contributed by atoms with Crippen LogP contribution >= 0.6 is 39.1 Å². The SMILES string of the molecule is COc1ccc(Cl)cc1C(Cl)c1cc(F)c(Br)cc1F. The van der Waals surface area contributed by atoms with E-state index in [0.29, 0.717) is 16.3 Å². The summed E-state index contributed by atoms with van der Waals surface area (Å²) in [7, 11) is 1.47. The van der Waals surface area contributed by atoms with Crippen molar-refractivity contribution in [1.82, 2.24) is 0 Å². The Hall–Kier alpha value is -0.840. The molecule has 20 heavy (non-hydrogen) atoms. The van der Waals surface area contributed by atoms with Crippen LogP contribution in [0.5, 0.6) is 5.75 Å². The summed E-state index contributed by atoms with van der Waals surface area (Å²) in [4.78, 5) is 0. The van der Waals surface area contributed by atoms with E-state index in [2.05, 4.69) is 15.9 Å². The minimum atomic E-state index is -0.911. The van der Waals surface area contributed by atoms with E-state index in [1.165, 1.54) is 7.11 Å². The average Bonchev–Trinajstić information content (AvgIpc) is 2.42. The zero-order valence-electron chi connectivity index (χ0n) is 10.3. The smallest absolute Gasteiger partial charge is 0.137 e. The molecule has 0 bridgehead atoms. The van der Waals surface area contributed by atoms with Crippen molar-refractivity contribution in [3.63, 3.8) is 0 Å². The van der Waals surface area contributed by atoms with E-state index in [0.717, 1.165) is 12.1 Å². The molecule has 2 rings (SSSR count). The summed E-state index contributed by atoms with van der Waals surface area (Å²) in [6.07, 6.45) is 0. The molecule has 0 aliphatic heterocycles. The molecule has 6 heteroatoms. The van der Waals surface area contributed by atoms with E-state index in [1.807, 2.05) is 0 Å². The fraction of sp³-hybridized carbons (Fsp3) is 0.143. The van der Waals surface area contributed by atoms with Gasteiger partial charge in [0, 0.05) is 16.1 Å². The lowest BCUT2D eigenvalue weighted by Gasteiger charge is -2.16. The number of methoxy groups -OCH3 is 1. The van der Waals surface area contributed by atoms with Gasteiger partial charge in [-0.05, 0) is 46.3 Å². The molecular weight excluding hydrogens is 373 g/mol. The largest absolute Gasteiger partial charge is 0.496 e. The second-order valence-electron chi connectivity index (χ2n) is 4.04. The molecule has 1 atom stereocenters. The van der Waals surface area contributed by atoms with Crippen molar-refractivity contribution < 1.29 is 13.5 Å². The van der Waals surface area contributed by atoms with E-state index >= 15 is 0 Å². The summed E-state index contributed by atoms with van der Waals surface area (Å²) >= 11 is 15.1. The van der Waals surface area contributed by atoms with Crippen molar-refractivity contribution in [3.8, 4) is 5.75 Å². The summed E-state index contributed by atoms with van der Waals surface area (Å²) in [5, 5.41) is -0.476. The number of halogens is 5. The van der Waals surface area contributed by atoms with Crippen LogP contribution in [0.4, 0.5) is 8.78 Å². The van der Waals surface area contributed by atoms with Crippen molar-refractivity contribution in [1.29, 1.82) is 0 Å². The monoisotopic (exact) mass is 380 g/mol. The van der Waals surface area contributed by atoms with Gasteiger partial charge in [-0.15, -0.1) is 11.6 Å². The van der Waals surface area contributed by atoms with Crippen LogP contribution in [0.3, 0.4) is 0 Å². The third kappa shape index (κ3) is 3.08. The van der Waals surface area contributed by atoms with Gasteiger partial charge < -0.3 is 4.74 Å². The number of hydrogen-bond acceptors (Lipinski definition) is 1. The van der Waals surface area contributed by atoms with Crippen LogP contribution in [0.1, 0.15) is 16.5 Å². The number of rotatable bonds is 3. The van der Waals surface area contributed by atoms with E-state index in [9.17, 15) is 8.78 Å². The van der Waals surface area contributed by atoms with Crippen molar-refractivity contribution in [2.24, 2.45) is 0 Å². The van der Waals surface area contributed by atoms with Crippen LogP contribution in [-0.4, -0.2) is 7.11 Å². The molecule has 1 unspecified atom stereocenters. The van der Waals surface area contributed by atoms with Gasteiger partial charge in [0.2, 0.25) is 0 Å². The van der Waals surface area contributed by atoms with Crippen molar-refractivity contribution in [2.75, 3.05) is 7.11 Å². The standard InChI is InChI=1S/C14H9BrCl2F2O/c1-20-13-3-2-7(16)4-9(13)14(17)8-5-12(19)10(15)6-11(8)18/h2-6,14H,1H3. The highest BCUT2D eigenvalue weighted by atomic mass is 79.9. The molecule has 106 valence electrons. The predicted octanol–water partition coefficient (Wildman–Crippen LogP) is 5.72. The molecule has 0 radical (unpaired) electrons. The molecule has 0 saturated heterocycles. The Kier molecular flexibility index (Phi) is 4.89. The second kappa shape index (κ2) is 6.29. The van der Waals surface area contributed by atoms with Crippen LogP contribution in [0, 0.1) is 11.6 Å². The van der Waals surface area contributed by atoms with Gasteiger partial charge in [-0.25, -0.2) is 8.78 Å². The highest BCUT2D eigenvalue weighted by Crippen LogP contribution is 2.38. The zero-order valence-corrected chi connectivity index (χ0v) is 13.4. The third-order valence-electron chi connectivity index (χ3n) is 2.78. The topological polar surface area (TPSA) is 9.23 Å². The van der Waals surface area contributed by atoms with Gasteiger partial charge >= 0.3 is 0 Å². The Morgan fingerprint density at radius 3 is 2.45 bits per heavy atom. The lowest BCUT2D eigenvalue weighted by molar-refractivity contribution is 0.410. The Bertz CT molecular complexity index is 649. The van der Waals surface area contributed by atoms with E-state index in [1.54, 1.807) is 18.2 Å². The van der Waals surface area contributed by atoms with Crippen molar-refractivity contribution in [3.05, 3.63) is 62.6 Å². The van der Waals surface area contributed by atoms with Crippen LogP contribution in [0.25, 0.3) is 0 Å². The number of alkyl halides is 1. The molecule has 0 heterocycles. The number of benzene rings is 2. The third-order valence-corrected chi connectivity index (χ3v) is 4.09. The molecule has 0 aliphatic rings. The van der Waals surface area contributed by atoms with E-state index < -0.39 is 17.0 Å². The number of hydrogen-bond donors (Lipinski definition) is 0. The summed E-state index contributed by atoms with van der Waals surface area (Å²) in [6.45, 7) is 0. The zero-order chi connectivity index (χ0) is 14.9. The molecule has 2 aromatic carbocycles. The molecule has 0 spiro atoms. The lowest BCUT2D eigenvalue weighted by atomic mass is 10.0. The van der Waals surface area contributed by atoms with E-state index in [4.69, 9.17) is 27.9 Å². The van der Waals surface area contributed by atoms with Crippen molar-refractivity contribution >= 4 is 39.1 Å². The van der Waals surface area contributed by atoms with Crippen LogP contribution in [0.15, 0.2) is 34.8 Å². The highest BCUT2D eigenvalue weighted by molar-refractivity contribution is 9.10. The summed E-state index contributed by atoms with van der Waals surface area (Å²) < 4.78 is 32.7. The molecule has 0 N–H and O–H groups in total. The Morgan fingerprint density at radius 2 is 1.80 bits per heavy atom. The Morgan fingerprint density at radius 1 is 1.10 bits per heavy atom. The van der Waals surface area contributed by atoms with Crippen molar-refractivity contribution in [2.45, 2.75) is 5.38 Å². The summed E-state index contributed by atoms with van der Waals surface area (Å²) in [5.41, 5.74) is 0.496. The maximum atomic E-state index is 13.9. The lowest BCUT2D eigenvalue weighted by Crippen LogP contribution is -2.01. The highest BCUT2D eigenvalue weighted by Gasteiger charge is 2.21. The number of ether oxygens (including phenoxy) is 1. The maximum Gasteiger partial charge on any atom is 0.137 e. The molecule has 0 aromatic heterocycles. The van der Waals surface area contributed by atoms with Gasteiger partial charge in [-0.2, -0.15) is 0 Å². The van der Waals surface area contributed by atoms with Gasteiger partial charge in [-0.1, -0.05) is 11.6 Å². The minimum Gasteiger partial charge on any atom is -0.496 e. The molecular formula is C14H9BrCl2F2O. The minimum absolute atomic E-state index is 0.0212. The normalized spacial score (nSPS) is 12.3.